The number of benzene rings is 1. The standard InChI is InChI=1S/C15H21ClN2O/c1-10-6-7-15(14(17)19,11(2)8-10)18-13-5-3-4-12(16)9-13/h3-5,9-11,18H,6-8H2,1-2H3,(H2,17,19). The van der Waals surface area contributed by atoms with Gasteiger partial charge >= 0.3 is 0 Å². The highest BCUT2D eigenvalue weighted by Crippen LogP contribution is 2.39. The highest BCUT2D eigenvalue weighted by Gasteiger charge is 2.45. The van der Waals surface area contributed by atoms with Crippen LogP contribution in [0.5, 0.6) is 0 Å². The van der Waals surface area contributed by atoms with Crippen molar-refractivity contribution in [2.75, 3.05) is 5.32 Å². The Hall–Kier alpha value is -1.22. The van der Waals surface area contributed by atoms with Crippen LogP contribution in [0.1, 0.15) is 33.1 Å². The van der Waals surface area contributed by atoms with Gasteiger partial charge in [-0.25, -0.2) is 0 Å². The van der Waals surface area contributed by atoms with Crippen LogP contribution in [0.15, 0.2) is 24.3 Å². The van der Waals surface area contributed by atoms with E-state index in [4.69, 9.17) is 17.3 Å². The van der Waals surface area contributed by atoms with E-state index in [1.54, 1.807) is 0 Å². The van der Waals surface area contributed by atoms with Crippen LogP contribution in [-0.4, -0.2) is 11.4 Å². The van der Waals surface area contributed by atoms with E-state index < -0.39 is 5.54 Å². The Morgan fingerprint density at radius 2 is 2.21 bits per heavy atom. The Balaban J connectivity index is 2.28. The lowest BCUT2D eigenvalue weighted by molar-refractivity contribution is -0.125. The van der Waals surface area contributed by atoms with Gasteiger partial charge in [0.1, 0.15) is 5.54 Å². The molecule has 1 amide bonds. The summed E-state index contributed by atoms with van der Waals surface area (Å²) in [7, 11) is 0. The highest BCUT2D eigenvalue weighted by molar-refractivity contribution is 6.30. The third-order valence-corrected chi connectivity index (χ3v) is 4.50. The van der Waals surface area contributed by atoms with E-state index in [2.05, 4.69) is 19.2 Å². The average Bonchev–Trinajstić information content (AvgIpc) is 2.32. The number of nitrogens with one attached hydrogen (secondary N) is 1. The van der Waals surface area contributed by atoms with Gasteiger partial charge in [0.15, 0.2) is 0 Å². The summed E-state index contributed by atoms with van der Waals surface area (Å²) < 4.78 is 0. The van der Waals surface area contributed by atoms with Crippen molar-refractivity contribution < 1.29 is 4.79 Å². The molecule has 1 saturated carbocycles. The minimum Gasteiger partial charge on any atom is -0.371 e. The minimum atomic E-state index is -0.656. The van der Waals surface area contributed by atoms with E-state index in [1.165, 1.54) is 0 Å². The second kappa shape index (κ2) is 5.41. The molecule has 0 radical (unpaired) electrons. The summed E-state index contributed by atoms with van der Waals surface area (Å²) in [4.78, 5) is 12.0. The quantitative estimate of drug-likeness (QED) is 0.891. The highest BCUT2D eigenvalue weighted by atomic mass is 35.5. The molecule has 1 aromatic rings. The SMILES string of the molecule is CC1CCC(Nc2cccc(Cl)c2)(C(N)=O)C(C)C1. The third kappa shape index (κ3) is 2.86. The Bertz CT molecular complexity index is 477. The first-order chi connectivity index (χ1) is 8.94. The third-order valence-electron chi connectivity index (χ3n) is 4.26. The first-order valence-electron chi connectivity index (χ1n) is 6.77. The lowest BCUT2D eigenvalue weighted by Crippen LogP contribution is -2.57. The van der Waals surface area contributed by atoms with Gasteiger partial charge in [-0.3, -0.25) is 4.79 Å². The van der Waals surface area contributed by atoms with Crippen LogP contribution in [0, 0.1) is 11.8 Å². The molecule has 0 spiro atoms. The molecule has 3 unspecified atom stereocenters. The smallest absolute Gasteiger partial charge is 0.243 e. The molecule has 1 aliphatic rings. The first kappa shape index (κ1) is 14.2. The molecule has 4 heteroatoms. The number of hydrogen-bond donors (Lipinski definition) is 2. The molecule has 0 bridgehead atoms. The van der Waals surface area contributed by atoms with Gasteiger partial charge in [-0.1, -0.05) is 31.5 Å². The predicted molar refractivity (Wildman–Crippen MR) is 79.2 cm³/mol. The number of carbonyl (C=O) groups excluding carboxylic acids is 1. The summed E-state index contributed by atoms with van der Waals surface area (Å²) in [5.74, 6) is 0.586. The van der Waals surface area contributed by atoms with Crippen molar-refractivity contribution in [3.05, 3.63) is 29.3 Å². The zero-order valence-electron chi connectivity index (χ0n) is 11.4. The molecule has 0 saturated heterocycles. The molecule has 19 heavy (non-hydrogen) atoms. The van der Waals surface area contributed by atoms with Gasteiger partial charge in [0.25, 0.3) is 0 Å². The fourth-order valence-corrected chi connectivity index (χ4v) is 3.27. The lowest BCUT2D eigenvalue weighted by Gasteiger charge is -2.43. The molecule has 0 aliphatic heterocycles. The van der Waals surface area contributed by atoms with Crippen molar-refractivity contribution in [1.82, 2.24) is 0 Å². The number of carbonyl (C=O) groups is 1. The van der Waals surface area contributed by atoms with E-state index in [1.807, 2.05) is 24.3 Å². The van der Waals surface area contributed by atoms with E-state index >= 15 is 0 Å². The number of nitrogens with two attached hydrogens (primary N) is 1. The van der Waals surface area contributed by atoms with Gasteiger partial charge in [0.2, 0.25) is 5.91 Å². The van der Waals surface area contributed by atoms with Crippen molar-refractivity contribution in [2.24, 2.45) is 17.6 Å². The van der Waals surface area contributed by atoms with Crippen molar-refractivity contribution in [3.8, 4) is 0 Å². The monoisotopic (exact) mass is 280 g/mol. The largest absolute Gasteiger partial charge is 0.371 e. The van der Waals surface area contributed by atoms with Gasteiger partial charge in [-0.05, 0) is 49.3 Å². The van der Waals surface area contributed by atoms with Gasteiger partial charge in [0, 0.05) is 10.7 Å². The summed E-state index contributed by atoms with van der Waals surface area (Å²) in [5.41, 5.74) is 5.89. The van der Waals surface area contributed by atoms with E-state index in [0.717, 1.165) is 24.9 Å². The molecule has 0 heterocycles. The van der Waals surface area contributed by atoms with Crippen LogP contribution < -0.4 is 11.1 Å². The number of anilines is 1. The van der Waals surface area contributed by atoms with Crippen LogP contribution in [-0.2, 0) is 4.79 Å². The maximum atomic E-state index is 12.0. The normalized spacial score (nSPS) is 30.9. The maximum Gasteiger partial charge on any atom is 0.243 e. The number of primary amides is 1. The number of hydrogen-bond acceptors (Lipinski definition) is 2. The molecule has 0 aromatic heterocycles. The lowest BCUT2D eigenvalue weighted by atomic mass is 9.69. The van der Waals surface area contributed by atoms with Crippen LogP contribution in [0.4, 0.5) is 5.69 Å². The molecule has 3 atom stereocenters. The maximum absolute atomic E-state index is 12.0. The van der Waals surface area contributed by atoms with E-state index in [-0.39, 0.29) is 11.8 Å². The molecule has 2 rings (SSSR count). The first-order valence-corrected chi connectivity index (χ1v) is 7.15. The van der Waals surface area contributed by atoms with Crippen molar-refractivity contribution in [2.45, 2.75) is 38.6 Å². The Morgan fingerprint density at radius 1 is 1.47 bits per heavy atom. The van der Waals surface area contributed by atoms with Gasteiger partial charge in [0.05, 0.1) is 0 Å². The Labute approximate surface area is 119 Å². The zero-order chi connectivity index (χ0) is 14.0. The topological polar surface area (TPSA) is 55.1 Å². The van der Waals surface area contributed by atoms with Crippen LogP contribution in [0.3, 0.4) is 0 Å². The second-order valence-electron chi connectivity index (χ2n) is 5.75. The Morgan fingerprint density at radius 3 is 2.79 bits per heavy atom. The Kier molecular flexibility index (Phi) is 4.04. The summed E-state index contributed by atoms with van der Waals surface area (Å²) in [6, 6.07) is 7.43. The molecule has 1 fully saturated rings. The summed E-state index contributed by atoms with van der Waals surface area (Å²) in [5, 5.41) is 4.00. The summed E-state index contributed by atoms with van der Waals surface area (Å²) in [6.07, 6.45) is 2.80. The van der Waals surface area contributed by atoms with E-state index in [9.17, 15) is 4.79 Å². The van der Waals surface area contributed by atoms with Gasteiger partial charge in [-0.15, -0.1) is 0 Å². The molecule has 104 valence electrons. The van der Waals surface area contributed by atoms with Crippen LogP contribution in [0.25, 0.3) is 0 Å². The number of rotatable bonds is 3. The fraction of sp³-hybridized carbons (Fsp3) is 0.533. The molecule has 3 nitrogen and oxygen atoms in total. The zero-order valence-corrected chi connectivity index (χ0v) is 12.2. The molecule has 1 aromatic carbocycles. The average molecular weight is 281 g/mol. The molecule has 3 N–H and O–H groups in total. The molecular weight excluding hydrogens is 260 g/mol. The van der Waals surface area contributed by atoms with E-state index in [0.29, 0.717) is 10.9 Å². The second-order valence-corrected chi connectivity index (χ2v) is 6.19. The molecule has 1 aliphatic carbocycles. The van der Waals surface area contributed by atoms with Crippen molar-refractivity contribution in [1.29, 1.82) is 0 Å². The number of amides is 1. The minimum absolute atomic E-state index is 0.215. The summed E-state index contributed by atoms with van der Waals surface area (Å²) >= 11 is 5.99. The van der Waals surface area contributed by atoms with Gasteiger partial charge in [-0.2, -0.15) is 0 Å². The molecular formula is C15H21ClN2O. The van der Waals surface area contributed by atoms with Crippen molar-refractivity contribution in [3.63, 3.8) is 0 Å². The van der Waals surface area contributed by atoms with Crippen LogP contribution >= 0.6 is 11.6 Å². The van der Waals surface area contributed by atoms with Crippen LogP contribution in [0.2, 0.25) is 5.02 Å². The van der Waals surface area contributed by atoms with Gasteiger partial charge < -0.3 is 11.1 Å². The summed E-state index contributed by atoms with van der Waals surface area (Å²) in [6.45, 7) is 4.32. The van der Waals surface area contributed by atoms with Crippen molar-refractivity contribution >= 4 is 23.2 Å². The predicted octanol–water partition coefficient (Wildman–Crippen LogP) is 3.43. The number of halogens is 1. The fourth-order valence-electron chi connectivity index (χ4n) is 3.08.